The lowest BCUT2D eigenvalue weighted by Crippen LogP contribution is -2.25. The van der Waals surface area contributed by atoms with Crippen molar-refractivity contribution in [3.8, 4) is 0 Å². The number of sulfonamides is 1. The molecule has 0 saturated heterocycles. The third-order valence-electron chi connectivity index (χ3n) is 2.73. The smallest absolute Gasteiger partial charge is 0.235 e. The first-order chi connectivity index (χ1) is 8.91. The number of H-pyrrole nitrogens is 1. The molecular formula is C11H16N4O3S. The lowest BCUT2D eigenvalue weighted by Gasteiger charge is -2.11. The van der Waals surface area contributed by atoms with Crippen molar-refractivity contribution in [2.45, 2.75) is 20.0 Å². The van der Waals surface area contributed by atoms with E-state index >= 15 is 0 Å². The van der Waals surface area contributed by atoms with Crippen LogP contribution in [0, 0.1) is 6.92 Å². The van der Waals surface area contributed by atoms with E-state index in [0.717, 1.165) is 11.1 Å². The van der Waals surface area contributed by atoms with Crippen LogP contribution in [-0.4, -0.2) is 42.6 Å². The van der Waals surface area contributed by atoms with E-state index in [4.69, 9.17) is 4.74 Å². The summed E-state index contributed by atoms with van der Waals surface area (Å²) in [6.07, 6.45) is 1.07. The Morgan fingerprint density at radius 3 is 2.95 bits per heavy atom. The Hall–Kier alpha value is -1.67. The number of hydrogen-bond acceptors (Lipinski definition) is 5. The van der Waals surface area contributed by atoms with Crippen molar-refractivity contribution in [3.63, 3.8) is 0 Å². The zero-order valence-electron chi connectivity index (χ0n) is 11.0. The lowest BCUT2D eigenvalue weighted by atomic mass is 10.3. The molecular weight excluding hydrogens is 268 g/mol. The normalized spacial score (nSPS) is 13.6. The number of aromatic amines is 1. The predicted molar refractivity (Wildman–Crippen MR) is 72.5 cm³/mol. The second kappa shape index (κ2) is 5.14. The van der Waals surface area contributed by atoms with Gasteiger partial charge in [-0.2, -0.15) is 5.10 Å². The number of anilines is 1. The molecule has 8 heteroatoms. The van der Waals surface area contributed by atoms with Crippen molar-refractivity contribution in [3.05, 3.63) is 18.0 Å². The molecule has 0 aliphatic heterocycles. The van der Waals surface area contributed by atoms with Gasteiger partial charge in [0.2, 0.25) is 10.0 Å². The second-order valence-electron chi connectivity index (χ2n) is 4.37. The molecule has 19 heavy (non-hydrogen) atoms. The summed E-state index contributed by atoms with van der Waals surface area (Å²) >= 11 is 0. The van der Waals surface area contributed by atoms with Crippen molar-refractivity contribution in [1.29, 1.82) is 0 Å². The maximum absolute atomic E-state index is 11.9. The monoisotopic (exact) mass is 284 g/mol. The minimum atomic E-state index is -3.46. The minimum Gasteiger partial charge on any atom is -0.381 e. The van der Waals surface area contributed by atoms with Crippen molar-refractivity contribution < 1.29 is 13.2 Å². The van der Waals surface area contributed by atoms with Gasteiger partial charge in [0, 0.05) is 18.2 Å². The predicted octanol–water partition coefficient (Wildman–Crippen LogP) is 1.04. The van der Waals surface area contributed by atoms with Gasteiger partial charge in [0.15, 0.2) is 5.65 Å². The zero-order chi connectivity index (χ0) is 14.0. The molecule has 0 fully saturated rings. The van der Waals surface area contributed by atoms with E-state index < -0.39 is 10.0 Å². The van der Waals surface area contributed by atoms with E-state index in [1.54, 1.807) is 13.0 Å². The van der Waals surface area contributed by atoms with Crippen LogP contribution in [0.4, 0.5) is 5.69 Å². The van der Waals surface area contributed by atoms with Crippen molar-refractivity contribution in [1.82, 2.24) is 15.2 Å². The number of rotatable bonds is 5. The van der Waals surface area contributed by atoms with E-state index in [2.05, 4.69) is 19.9 Å². The number of methoxy groups -OCH3 is 1. The van der Waals surface area contributed by atoms with E-state index in [9.17, 15) is 8.42 Å². The van der Waals surface area contributed by atoms with Gasteiger partial charge in [0.25, 0.3) is 0 Å². The first kappa shape index (κ1) is 13.8. The molecule has 0 saturated carbocycles. The van der Waals surface area contributed by atoms with E-state index in [1.165, 1.54) is 13.3 Å². The van der Waals surface area contributed by atoms with Crippen LogP contribution < -0.4 is 4.72 Å². The molecule has 104 valence electrons. The highest BCUT2D eigenvalue weighted by atomic mass is 32.2. The number of ether oxygens (including phenoxy) is 1. The summed E-state index contributed by atoms with van der Waals surface area (Å²) in [6.45, 7) is 3.54. The second-order valence-corrected chi connectivity index (χ2v) is 6.14. The molecule has 0 aliphatic carbocycles. The van der Waals surface area contributed by atoms with Crippen LogP contribution in [-0.2, 0) is 14.8 Å². The summed E-state index contributed by atoms with van der Waals surface area (Å²) in [4.78, 5) is 4.08. The standard InChI is InChI=1S/C11H16N4O3S/c1-7(18-3)6-19(16,17)15-9-4-10-8(2)13-14-11(10)12-5-9/h4-5,7,15H,6H2,1-3H3,(H,12,13,14). The highest BCUT2D eigenvalue weighted by Crippen LogP contribution is 2.18. The van der Waals surface area contributed by atoms with Crippen LogP contribution in [0.1, 0.15) is 12.6 Å². The molecule has 2 aromatic heterocycles. The molecule has 0 amide bonds. The summed E-state index contributed by atoms with van der Waals surface area (Å²) < 4.78 is 31.2. The van der Waals surface area contributed by atoms with Gasteiger partial charge in [0.05, 0.1) is 23.7 Å². The number of aromatic nitrogens is 3. The maximum Gasteiger partial charge on any atom is 0.235 e. The Morgan fingerprint density at radius 2 is 2.26 bits per heavy atom. The summed E-state index contributed by atoms with van der Waals surface area (Å²) in [5.74, 6) is -0.105. The number of nitrogens with one attached hydrogen (secondary N) is 2. The Balaban J connectivity index is 2.23. The van der Waals surface area contributed by atoms with Gasteiger partial charge >= 0.3 is 0 Å². The Kier molecular flexibility index (Phi) is 3.72. The fourth-order valence-electron chi connectivity index (χ4n) is 1.67. The highest BCUT2D eigenvalue weighted by Gasteiger charge is 2.16. The van der Waals surface area contributed by atoms with E-state index in [-0.39, 0.29) is 11.9 Å². The van der Waals surface area contributed by atoms with Crippen LogP contribution in [0.25, 0.3) is 11.0 Å². The molecule has 0 aliphatic rings. The Morgan fingerprint density at radius 1 is 1.53 bits per heavy atom. The average molecular weight is 284 g/mol. The minimum absolute atomic E-state index is 0.105. The molecule has 2 aromatic rings. The fraction of sp³-hybridized carbons (Fsp3) is 0.455. The summed E-state index contributed by atoms with van der Waals surface area (Å²) in [5, 5.41) is 7.57. The topological polar surface area (TPSA) is 97.0 Å². The SMILES string of the molecule is COC(C)CS(=O)(=O)Nc1cnc2n[nH]c(C)c2c1. The number of hydrogen-bond donors (Lipinski definition) is 2. The van der Waals surface area contributed by atoms with Crippen LogP contribution in [0.3, 0.4) is 0 Å². The van der Waals surface area contributed by atoms with E-state index in [0.29, 0.717) is 11.3 Å². The number of aryl methyl sites for hydroxylation is 1. The van der Waals surface area contributed by atoms with Crippen LogP contribution in [0.2, 0.25) is 0 Å². The molecule has 2 N–H and O–H groups in total. The zero-order valence-corrected chi connectivity index (χ0v) is 11.8. The third-order valence-corrected chi connectivity index (χ3v) is 4.18. The van der Waals surface area contributed by atoms with Crippen LogP contribution in [0.5, 0.6) is 0 Å². The largest absolute Gasteiger partial charge is 0.381 e. The quantitative estimate of drug-likeness (QED) is 0.855. The molecule has 0 bridgehead atoms. The van der Waals surface area contributed by atoms with Gasteiger partial charge in [0.1, 0.15) is 0 Å². The first-order valence-electron chi connectivity index (χ1n) is 5.75. The molecule has 0 spiro atoms. The summed E-state index contributed by atoms with van der Waals surface area (Å²) in [5.41, 5.74) is 1.82. The van der Waals surface area contributed by atoms with Crippen molar-refractivity contribution in [2.75, 3.05) is 17.6 Å². The molecule has 1 atom stereocenters. The lowest BCUT2D eigenvalue weighted by molar-refractivity contribution is 0.136. The number of nitrogens with zero attached hydrogens (tertiary/aromatic N) is 2. The molecule has 2 heterocycles. The van der Waals surface area contributed by atoms with Crippen molar-refractivity contribution >= 4 is 26.7 Å². The van der Waals surface area contributed by atoms with Crippen molar-refractivity contribution in [2.24, 2.45) is 0 Å². The number of fused-ring (bicyclic) bond motifs is 1. The summed E-state index contributed by atoms with van der Waals surface area (Å²) in [7, 11) is -1.98. The third kappa shape index (κ3) is 3.21. The highest BCUT2D eigenvalue weighted by molar-refractivity contribution is 7.92. The van der Waals surface area contributed by atoms with Gasteiger partial charge in [-0.1, -0.05) is 0 Å². The molecule has 7 nitrogen and oxygen atoms in total. The van der Waals surface area contributed by atoms with Crippen LogP contribution in [0.15, 0.2) is 12.3 Å². The fourth-order valence-corrected chi connectivity index (χ4v) is 2.98. The Bertz CT molecular complexity index is 680. The van der Waals surface area contributed by atoms with Gasteiger partial charge in [-0.15, -0.1) is 0 Å². The maximum atomic E-state index is 11.9. The summed E-state index contributed by atoms with van der Waals surface area (Å²) in [6, 6.07) is 1.70. The Labute approximate surface area is 111 Å². The van der Waals surface area contributed by atoms with Gasteiger partial charge < -0.3 is 4.74 Å². The van der Waals surface area contributed by atoms with Crippen LogP contribution >= 0.6 is 0 Å². The first-order valence-corrected chi connectivity index (χ1v) is 7.40. The average Bonchev–Trinajstić information content (AvgIpc) is 2.70. The molecule has 0 radical (unpaired) electrons. The number of pyridine rings is 1. The van der Waals surface area contributed by atoms with Gasteiger partial charge in [-0.3, -0.25) is 9.82 Å². The molecule has 0 aromatic carbocycles. The van der Waals surface area contributed by atoms with Gasteiger partial charge in [-0.25, -0.2) is 13.4 Å². The molecule has 2 rings (SSSR count). The van der Waals surface area contributed by atoms with Gasteiger partial charge in [-0.05, 0) is 19.9 Å². The van der Waals surface area contributed by atoms with E-state index in [1.807, 2.05) is 6.92 Å². The molecule has 1 unspecified atom stereocenters.